The van der Waals surface area contributed by atoms with E-state index in [1.54, 1.807) is 0 Å². The van der Waals surface area contributed by atoms with Gasteiger partial charge in [-0.1, -0.05) is 13.8 Å². The molecular weight excluding hydrogens is 492 g/mol. The lowest BCUT2D eigenvalue weighted by molar-refractivity contribution is -0.317. The lowest BCUT2D eigenvalue weighted by atomic mass is 9.43. The molecule has 9 nitrogen and oxygen atoms in total. The Kier molecular flexibility index (Phi) is 6.78. The van der Waals surface area contributed by atoms with Crippen LogP contribution in [0.1, 0.15) is 71.6 Å². The molecule has 2 heterocycles. The van der Waals surface area contributed by atoms with Crippen molar-refractivity contribution in [3.05, 3.63) is 11.6 Å². The quantitative estimate of drug-likeness (QED) is 0.266. The minimum absolute atomic E-state index is 0.0525. The Balaban J connectivity index is 1.16. The van der Waals surface area contributed by atoms with Crippen molar-refractivity contribution >= 4 is 5.97 Å². The molecule has 4 saturated carbocycles. The molecule has 9 heteroatoms. The van der Waals surface area contributed by atoms with Gasteiger partial charge in [-0.15, -0.1) is 0 Å². The van der Waals surface area contributed by atoms with Crippen molar-refractivity contribution in [1.29, 1.82) is 0 Å². The van der Waals surface area contributed by atoms with E-state index in [0.29, 0.717) is 18.4 Å². The van der Waals surface area contributed by atoms with Crippen LogP contribution in [-0.2, 0) is 19.0 Å². The van der Waals surface area contributed by atoms with Crippen LogP contribution in [-0.4, -0.2) is 87.1 Å². The van der Waals surface area contributed by atoms with E-state index in [1.807, 2.05) is 6.08 Å². The van der Waals surface area contributed by atoms with Gasteiger partial charge in [-0.25, -0.2) is 4.79 Å². The van der Waals surface area contributed by atoms with E-state index in [9.17, 15) is 30.3 Å². The van der Waals surface area contributed by atoms with E-state index in [1.165, 1.54) is 0 Å². The molecule has 2 aliphatic heterocycles. The zero-order valence-electron chi connectivity index (χ0n) is 22.5. The van der Waals surface area contributed by atoms with Crippen molar-refractivity contribution in [3.63, 3.8) is 0 Å². The van der Waals surface area contributed by atoms with Gasteiger partial charge in [-0.2, -0.15) is 0 Å². The number of carbonyl (C=O) groups excluding carboxylic acids is 1. The molecule has 5 N–H and O–H groups in total. The Morgan fingerprint density at radius 1 is 0.974 bits per heavy atom. The second-order valence-corrected chi connectivity index (χ2v) is 13.5. The van der Waals surface area contributed by atoms with Crippen LogP contribution in [0.3, 0.4) is 0 Å². The molecule has 5 fully saturated rings. The Labute approximate surface area is 224 Å². The fourth-order valence-corrected chi connectivity index (χ4v) is 9.84. The van der Waals surface area contributed by atoms with E-state index < -0.39 is 42.9 Å². The van der Waals surface area contributed by atoms with Gasteiger partial charge in [0.15, 0.2) is 6.29 Å². The van der Waals surface area contributed by atoms with Gasteiger partial charge < -0.3 is 39.7 Å². The van der Waals surface area contributed by atoms with Crippen LogP contribution < -0.4 is 0 Å². The predicted octanol–water partition coefficient (Wildman–Crippen LogP) is 1.43. The van der Waals surface area contributed by atoms with E-state index >= 15 is 0 Å². The van der Waals surface area contributed by atoms with Gasteiger partial charge in [0.1, 0.15) is 31.0 Å². The van der Waals surface area contributed by atoms with Gasteiger partial charge in [0.25, 0.3) is 0 Å². The summed E-state index contributed by atoms with van der Waals surface area (Å²) in [5, 5.41) is 52.5. The predicted molar refractivity (Wildman–Crippen MR) is 134 cm³/mol. The second-order valence-electron chi connectivity index (χ2n) is 13.5. The van der Waals surface area contributed by atoms with Crippen molar-refractivity contribution in [3.8, 4) is 0 Å². The second kappa shape index (κ2) is 9.50. The summed E-state index contributed by atoms with van der Waals surface area (Å²) in [7, 11) is 0. The summed E-state index contributed by atoms with van der Waals surface area (Å²) in [6, 6.07) is 0. The summed E-state index contributed by atoms with van der Waals surface area (Å²) in [6.45, 7) is 4.46. The number of aliphatic hydroxyl groups is 5. The summed E-state index contributed by atoms with van der Waals surface area (Å²) < 4.78 is 17.0. The first-order chi connectivity index (χ1) is 18.0. The van der Waals surface area contributed by atoms with E-state index in [4.69, 9.17) is 14.2 Å². The number of rotatable bonds is 4. The van der Waals surface area contributed by atoms with Crippen molar-refractivity contribution in [2.75, 3.05) is 13.2 Å². The monoisotopic (exact) mass is 536 g/mol. The smallest absolute Gasteiger partial charge is 0.334 e. The zero-order chi connectivity index (χ0) is 27.0. The van der Waals surface area contributed by atoms with Gasteiger partial charge in [-0.05, 0) is 93.0 Å². The van der Waals surface area contributed by atoms with Crippen LogP contribution in [0.15, 0.2) is 11.6 Å². The summed E-state index contributed by atoms with van der Waals surface area (Å²) in [5.41, 5.74) is -0.274. The third-order valence-electron chi connectivity index (χ3n) is 12.1. The van der Waals surface area contributed by atoms with E-state index in [-0.39, 0.29) is 34.7 Å². The molecule has 0 radical (unpaired) electrons. The number of hydrogen-bond donors (Lipinski definition) is 5. The number of carbonyl (C=O) groups is 1. The van der Waals surface area contributed by atoms with Gasteiger partial charge >= 0.3 is 5.97 Å². The van der Waals surface area contributed by atoms with Gasteiger partial charge in [0.05, 0.1) is 18.3 Å². The maximum atomic E-state index is 12.4. The molecule has 0 amide bonds. The SMILES string of the molecule is C[C@]12CC[C@@H](O[C@H]3O[C@@H](CO)[C@@H](O)[C@@H](O)[C@H]3O)C[C@@H]1CC[C@@H]1[C@@H]2CC[C@]2(C)[C@@H](C3=CCOC3=O)CC[C@@]12O. The Morgan fingerprint density at radius 3 is 2.47 bits per heavy atom. The minimum Gasteiger partial charge on any atom is -0.458 e. The largest absolute Gasteiger partial charge is 0.458 e. The van der Waals surface area contributed by atoms with Gasteiger partial charge in [-0.3, -0.25) is 0 Å². The number of aliphatic hydroxyl groups excluding tert-OH is 4. The number of cyclic esters (lactones) is 1. The van der Waals surface area contributed by atoms with Crippen molar-refractivity contribution in [1.82, 2.24) is 0 Å². The topological polar surface area (TPSA) is 146 Å². The summed E-state index contributed by atoms with van der Waals surface area (Å²) in [4.78, 5) is 12.4. The molecule has 0 spiro atoms. The third-order valence-corrected chi connectivity index (χ3v) is 12.1. The zero-order valence-corrected chi connectivity index (χ0v) is 22.5. The highest BCUT2D eigenvalue weighted by Crippen LogP contribution is 2.70. The molecular formula is C29H44O9. The molecule has 0 aromatic carbocycles. The fraction of sp³-hybridized carbons (Fsp3) is 0.897. The maximum Gasteiger partial charge on any atom is 0.334 e. The fourth-order valence-electron chi connectivity index (χ4n) is 9.84. The Bertz CT molecular complexity index is 968. The molecule has 0 aromatic heterocycles. The standard InChI is InChI=1S/C29H44O9/c1-27-9-5-16(37-26-24(33)23(32)22(31)21(14-30)38-26)13-15(27)3-4-20-19(27)6-10-28(2)18(7-11-29(20,28)35)17-8-12-36-25(17)34/h8,15-16,18-24,26,30-33,35H,3-7,9-14H2,1-2H3/t15-,16+,18+,19-,20+,21-,22+,23+,24+,26-,27-,28+,29+/m0/s1. The van der Waals surface area contributed by atoms with Crippen molar-refractivity contribution < 1.29 is 44.5 Å². The molecule has 6 rings (SSSR count). The Hall–Kier alpha value is -1.07. The first-order valence-electron chi connectivity index (χ1n) is 14.6. The molecule has 0 bridgehead atoms. The van der Waals surface area contributed by atoms with Crippen LogP contribution in [0.25, 0.3) is 0 Å². The molecule has 214 valence electrons. The molecule has 0 aromatic rings. The lowest BCUT2D eigenvalue weighted by Crippen LogP contribution is -2.63. The normalized spacial score (nSPS) is 54.5. The first kappa shape index (κ1) is 27.1. The van der Waals surface area contributed by atoms with Crippen LogP contribution in [0, 0.1) is 34.5 Å². The van der Waals surface area contributed by atoms with Crippen LogP contribution >= 0.6 is 0 Å². The highest BCUT2D eigenvalue weighted by atomic mass is 16.7. The third kappa shape index (κ3) is 3.80. The summed E-state index contributed by atoms with van der Waals surface area (Å²) >= 11 is 0. The van der Waals surface area contributed by atoms with Crippen LogP contribution in [0.5, 0.6) is 0 Å². The highest BCUT2D eigenvalue weighted by Gasteiger charge is 2.68. The Morgan fingerprint density at radius 2 is 1.76 bits per heavy atom. The highest BCUT2D eigenvalue weighted by molar-refractivity contribution is 5.91. The average Bonchev–Trinajstić information content (AvgIpc) is 3.43. The van der Waals surface area contributed by atoms with E-state index in [2.05, 4.69) is 13.8 Å². The molecule has 38 heavy (non-hydrogen) atoms. The van der Waals surface area contributed by atoms with Crippen LogP contribution in [0.2, 0.25) is 0 Å². The van der Waals surface area contributed by atoms with Crippen LogP contribution in [0.4, 0.5) is 0 Å². The van der Waals surface area contributed by atoms with E-state index in [0.717, 1.165) is 63.4 Å². The summed E-state index contributed by atoms with van der Waals surface area (Å²) in [5.74, 6) is 0.849. The minimum atomic E-state index is -1.44. The molecule has 6 aliphatic rings. The molecule has 0 unspecified atom stereocenters. The first-order valence-corrected chi connectivity index (χ1v) is 14.6. The summed E-state index contributed by atoms with van der Waals surface area (Å²) in [6.07, 6.45) is 3.42. The number of hydrogen-bond acceptors (Lipinski definition) is 9. The van der Waals surface area contributed by atoms with Crippen molar-refractivity contribution in [2.24, 2.45) is 34.5 Å². The van der Waals surface area contributed by atoms with Crippen molar-refractivity contribution in [2.45, 2.75) is 114 Å². The maximum absolute atomic E-state index is 12.4. The number of esters is 1. The molecule has 1 saturated heterocycles. The van der Waals surface area contributed by atoms with Gasteiger partial charge in [0.2, 0.25) is 0 Å². The molecule has 13 atom stereocenters. The number of ether oxygens (including phenoxy) is 3. The lowest BCUT2D eigenvalue weighted by Gasteiger charge is -2.63. The average molecular weight is 537 g/mol. The number of fused-ring (bicyclic) bond motifs is 5. The molecule has 4 aliphatic carbocycles. The van der Waals surface area contributed by atoms with Gasteiger partial charge in [0, 0.05) is 11.0 Å².